The quantitative estimate of drug-likeness (QED) is 0.272. The molecule has 5 amide bonds. The molecule has 5 atom stereocenters. The molecule has 2 aromatic carbocycles. The molecule has 3 rings (SSSR count). The highest BCUT2D eigenvalue weighted by Gasteiger charge is 2.45. The number of benzene rings is 2. The molecule has 13 heteroatoms. The van der Waals surface area contributed by atoms with Crippen molar-refractivity contribution in [3.63, 3.8) is 0 Å². The van der Waals surface area contributed by atoms with E-state index < -0.39 is 66.4 Å². The molecule has 0 aliphatic carbocycles. The van der Waals surface area contributed by atoms with Crippen molar-refractivity contribution in [2.24, 2.45) is 5.92 Å². The maximum Gasteiger partial charge on any atom is 0.408 e. The third-order valence-electron chi connectivity index (χ3n) is 9.42. The summed E-state index contributed by atoms with van der Waals surface area (Å²) in [4.78, 5) is 84.5. The van der Waals surface area contributed by atoms with Crippen LogP contribution in [0, 0.1) is 12.8 Å². The summed E-state index contributed by atoms with van der Waals surface area (Å²) >= 11 is 0. The van der Waals surface area contributed by atoms with Gasteiger partial charge in [-0.15, -0.1) is 0 Å². The van der Waals surface area contributed by atoms with E-state index in [4.69, 9.17) is 4.74 Å². The summed E-state index contributed by atoms with van der Waals surface area (Å²) in [5.74, 6) is -3.31. The predicted molar refractivity (Wildman–Crippen MR) is 187 cm³/mol. The minimum atomic E-state index is -1.18. The number of carbonyl (C=O) groups excluding carboxylic acids is 5. The summed E-state index contributed by atoms with van der Waals surface area (Å²) in [6.07, 6.45) is 0.350. The van der Waals surface area contributed by atoms with Gasteiger partial charge in [0.15, 0.2) is 0 Å². The van der Waals surface area contributed by atoms with E-state index in [1.165, 1.54) is 28.8 Å². The molecule has 1 fully saturated rings. The third-order valence-corrected chi connectivity index (χ3v) is 9.42. The van der Waals surface area contributed by atoms with Crippen molar-refractivity contribution in [2.75, 3.05) is 33.7 Å². The van der Waals surface area contributed by atoms with Crippen LogP contribution in [0.5, 0.6) is 0 Å². The highest BCUT2D eigenvalue weighted by atomic mass is 16.5. The number of rotatable bonds is 16. The number of hydrogen-bond donors (Lipinski definition) is 2. The highest BCUT2D eigenvalue weighted by Crippen LogP contribution is 2.25. The first kappa shape index (κ1) is 39.5. The Morgan fingerprint density at radius 3 is 2.12 bits per heavy atom. The van der Waals surface area contributed by atoms with E-state index in [-0.39, 0.29) is 32.0 Å². The molecule has 2 aromatic rings. The Bertz CT molecular complexity index is 1500. The number of ether oxygens (including phenoxy) is 1. The molecule has 1 heterocycles. The first-order valence-electron chi connectivity index (χ1n) is 17.1. The lowest BCUT2D eigenvalue weighted by Gasteiger charge is -2.45. The highest BCUT2D eigenvalue weighted by molar-refractivity contribution is 5.96. The molecule has 0 unspecified atom stereocenters. The smallest absolute Gasteiger partial charge is 0.408 e. The number of nitrogens with one attached hydrogen (secondary N) is 1. The van der Waals surface area contributed by atoms with Crippen LogP contribution in [0.2, 0.25) is 0 Å². The van der Waals surface area contributed by atoms with Gasteiger partial charge >= 0.3 is 12.1 Å². The van der Waals surface area contributed by atoms with E-state index >= 15 is 0 Å². The Balaban J connectivity index is 1.74. The van der Waals surface area contributed by atoms with Crippen molar-refractivity contribution >= 4 is 35.7 Å². The maximum absolute atomic E-state index is 14.1. The Hall–Kier alpha value is -4.94. The van der Waals surface area contributed by atoms with Crippen molar-refractivity contribution in [3.8, 4) is 0 Å². The number of carbonyl (C=O) groups is 6. The van der Waals surface area contributed by atoms with Gasteiger partial charge in [-0.2, -0.15) is 0 Å². The molecule has 1 aliphatic heterocycles. The largest absolute Gasteiger partial charge is 0.480 e. The zero-order valence-electron chi connectivity index (χ0n) is 30.1. The number of amides is 5. The molecule has 50 heavy (non-hydrogen) atoms. The molecule has 0 saturated carbocycles. The van der Waals surface area contributed by atoms with Crippen LogP contribution in [0.1, 0.15) is 57.2 Å². The predicted octanol–water partition coefficient (Wildman–Crippen LogP) is 3.09. The lowest BCUT2D eigenvalue weighted by molar-refractivity contribution is -0.161. The summed E-state index contributed by atoms with van der Waals surface area (Å²) in [5, 5.41) is 12.0. The minimum absolute atomic E-state index is 0.0330. The van der Waals surface area contributed by atoms with Gasteiger partial charge in [0.25, 0.3) is 0 Å². The van der Waals surface area contributed by atoms with E-state index in [1.807, 2.05) is 75.4 Å². The summed E-state index contributed by atoms with van der Waals surface area (Å²) in [7, 11) is 2.87. The number of carboxylic acids is 1. The number of alkyl carbamates (subject to hydrolysis) is 1. The van der Waals surface area contributed by atoms with Crippen molar-refractivity contribution in [1.29, 1.82) is 0 Å². The fourth-order valence-corrected chi connectivity index (χ4v) is 5.83. The van der Waals surface area contributed by atoms with Gasteiger partial charge in [-0.1, -0.05) is 80.4 Å². The van der Waals surface area contributed by atoms with Gasteiger partial charge in [0.05, 0.1) is 0 Å². The molecular formula is C37H51N5O8. The van der Waals surface area contributed by atoms with Crippen molar-refractivity contribution in [2.45, 2.75) is 84.7 Å². The number of likely N-dealkylation sites (tertiary alicyclic amines) is 1. The van der Waals surface area contributed by atoms with Crippen molar-refractivity contribution in [1.82, 2.24) is 24.9 Å². The standard InChI is InChI=1S/C37H51N5O8/c1-8-25(4)32(38-37(49)50-23-28-13-11-10-12-14-28)36(48)40(7)26(5)33(45)42-20-19-29(42)35(47)41(9-2)30(34(46)39(6)22-31(43)44)21-27-17-15-24(3)16-18-27/h10-18,25-26,29-30,32H,8-9,19-23H2,1-7H3,(H,38,49)(H,43,44)/t25-,26-,29-,30-,32-/m0/s1. The van der Waals surface area contributed by atoms with Crippen LogP contribution in [0.25, 0.3) is 0 Å². The molecule has 2 N–H and O–H groups in total. The van der Waals surface area contributed by atoms with Gasteiger partial charge in [0, 0.05) is 33.6 Å². The second-order valence-electron chi connectivity index (χ2n) is 12.9. The summed E-state index contributed by atoms with van der Waals surface area (Å²) in [5.41, 5.74) is 2.62. The van der Waals surface area contributed by atoms with E-state index in [0.717, 1.165) is 21.6 Å². The minimum Gasteiger partial charge on any atom is -0.480 e. The average molecular weight is 694 g/mol. The molecule has 0 spiro atoms. The van der Waals surface area contributed by atoms with Gasteiger partial charge in [-0.25, -0.2) is 4.79 Å². The van der Waals surface area contributed by atoms with Crippen LogP contribution in [0.15, 0.2) is 54.6 Å². The van der Waals surface area contributed by atoms with Crippen LogP contribution in [0.3, 0.4) is 0 Å². The van der Waals surface area contributed by atoms with Crippen LogP contribution in [-0.4, -0.2) is 118 Å². The normalized spacial score (nSPS) is 16.1. The third kappa shape index (κ3) is 10.1. The summed E-state index contributed by atoms with van der Waals surface area (Å²) in [6, 6.07) is 12.9. The van der Waals surface area contributed by atoms with Crippen LogP contribution >= 0.6 is 0 Å². The van der Waals surface area contributed by atoms with Crippen LogP contribution < -0.4 is 5.32 Å². The fraction of sp³-hybridized carbons (Fsp3) is 0.514. The number of aliphatic carboxylic acids is 1. The number of carboxylic acid groups (broad SMARTS) is 1. The second kappa shape index (κ2) is 18.2. The molecular weight excluding hydrogens is 642 g/mol. The van der Waals surface area contributed by atoms with Gasteiger partial charge in [0.2, 0.25) is 23.6 Å². The van der Waals surface area contributed by atoms with Crippen molar-refractivity contribution < 1.29 is 38.6 Å². The molecule has 0 bridgehead atoms. The number of nitrogens with zero attached hydrogens (tertiary/aromatic N) is 4. The Labute approximate surface area is 294 Å². The maximum atomic E-state index is 14.1. The Morgan fingerprint density at radius 1 is 0.940 bits per heavy atom. The van der Waals surface area contributed by atoms with E-state index in [1.54, 1.807) is 13.8 Å². The Kier molecular flexibility index (Phi) is 14.4. The fourth-order valence-electron chi connectivity index (χ4n) is 5.83. The van der Waals surface area contributed by atoms with Gasteiger partial charge < -0.3 is 34.8 Å². The monoisotopic (exact) mass is 693 g/mol. The van der Waals surface area contributed by atoms with E-state index in [0.29, 0.717) is 12.8 Å². The number of aryl methyl sites for hydroxylation is 1. The Morgan fingerprint density at radius 2 is 1.58 bits per heavy atom. The molecule has 0 radical (unpaired) electrons. The van der Waals surface area contributed by atoms with Crippen LogP contribution in [-0.2, 0) is 41.7 Å². The molecule has 1 saturated heterocycles. The van der Waals surface area contributed by atoms with Crippen molar-refractivity contribution in [3.05, 3.63) is 71.3 Å². The SMILES string of the molecule is CC[C@H](C)[C@H](NC(=O)OCc1ccccc1)C(=O)N(C)[C@@H](C)C(=O)N1CC[C@H]1C(=O)N(CC)[C@@H](Cc1ccc(C)cc1)C(=O)N(C)CC(=O)O. The molecule has 0 aromatic heterocycles. The number of hydrogen-bond acceptors (Lipinski definition) is 7. The van der Waals surface area contributed by atoms with Gasteiger partial charge in [-0.3, -0.25) is 24.0 Å². The zero-order chi connectivity index (χ0) is 37.1. The zero-order valence-corrected chi connectivity index (χ0v) is 30.1. The van der Waals surface area contributed by atoms with Gasteiger partial charge in [-0.05, 0) is 44.2 Å². The average Bonchev–Trinajstić information content (AvgIpc) is 3.08. The van der Waals surface area contributed by atoms with Gasteiger partial charge in [0.1, 0.15) is 37.3 Å². The van der Waals surface area contributed by atoms with E-state index in [9.17, 15) is 33.9 Å². The lowest BCUT2D eigenvalue weighted by Crippen LogP contribution is -2.65. The summed E-state index contributed by atoms with van der Waals surface area (Å²) < 4.78 is 5.35. The van der Waals surface area contributed by atoms with E-state index in [2.05, 4.69) is 5.32 Å². The first-order chi connectivity index (χ1) is 23.7. The van der Waals surface area contributed by atoms with Crippen LogP contribution in [0.4, 0.5) is 4.79 Å². The summed E-state index contributed by atoms with van der Waals surface area (Å²) in [6.45, 7) is 8.90. The molecule has 13 nitrogen and oxygen atoms in total. The molecule has 272 valence electrons. The second-order valence-corrected chi connectivity index (χ2v) is 12.9. The molecule has 1 aliphatic rings. The number of likely N-dealkylation sites (N-methyl/N-ethyl adjacent to an activating group) is 3. The first-order valence-corrected chi connectivity index (χ1v) is 17.1. The lowest BCUT2D eigenvalue weighted by atomic mass is 9.95. The topological polar surface area (TPSA) is 157 Å².